The largest absolute Gasteiger partial charge is 0.481 e. The molecule has 1 fully saturated rings. The van der Waals surface area contributed by atoms with Crippen LogP contribution in [0.1, 0.15) is 78.9 Å². The molecule has 6 heteroatoms. The molecule has 2 amide bonds. The lowest BCUT2D eigenvalue weighted by Crippen LogP contribution is -2.61. The van der Waals surface area contributed by atoms with Gasteiger partial charge >= 0.3 is 12.0 Å². The Kier molecular flexibility index (Phi) is 6.47. The van der Waals surface area contributed by atoms with Crippen LogP contribution in [0.15, 0.2) is 30.0 Å². The van der Waals surface area contributed by atoms with E-state index < -0.39 is 16.9 Å². The first-order valence-electron chi connectivity index (χ1n) is 11.5. The fourth-order valence-corrected chi connectivity index (χ4v) is 5.12. The summed E-state index contributed by atoms with van der Waals surface area (Å²) in [4.78, 5) is 26.3. The van der Waals surface area contributed by atoms with Gasteiger partial charge < -0.3 is 10.4 Å². The lowest BCUT2D eigenvalue weighted by Gasteiger charge is -2.50. The molecule has 32 heavy (non-hydrogen) atoms. The smallest absolute Gasteiger partial charge is 0.322 e. The number of carbonyl (C=O) groups excluding carboxylic acids is 1. The minimum atomic E-state index is -0.801. The van der Waals surface area contributed by atoms with Crippen LogP contribution in [0.5, 0.6) is 0 Å². The summed E-state index contributed by atoms with van der Waals surface area (Å²) in [5.74, 6) is -0.612. The molecule has 1 aliphatic carbocycles. The number of carboxylic acids is 1. The van der Waals surface area contributed by atoms with Gasteiger partial charge in [0.1, 0.15) is 0 Å². The molecule has 1 atom stereocenters. The SMILES string of the molecule is CC(C)C1=CN(C2CC(C)(C(=O)O)C2)C(=O)N[C@@]1(C)c1ccc(CCC(C)(C)C)c(Cl)c1. The van der Waals surface area contributed by atoms with E-state index in [1.54, 1.807) is 11.8 Å². The zero-order valence-corrected chi connectivity index (χ0v) is 21.1. The van der Waals surface area contributed by atoms with Crippen LogP contribution < -0.4 is 5.32 Å². The molecule has 0 radical (unpaired) electrons. The third-order valence-corrected chi connectivity index (χ3v) is 7.48. The van der Waals surface area contributed by atoms with Gasteiger partial charge in [-0.1, -0.05) is 58.4 Å². The van der Waals surface area contributed by atoms with Crippen molar-refractivity contribution in [2.45, 2.75) is 85.7 Å². The predicted octanol–water partition coefficient (Wildman–Crippen LogP) is 6.35. The Morgan fingerprint density at radius 2 is 1.91 bits per heavy atom. The maximum Gasteiger partial charge on any atom is 0.322 e. The summed E-state index contributed by atoms with van der Waals surface area (Å²) in [5, 5.41) is 13.4. The summed E-state index contributed by atoms with van der Waals surface area (Å²) in [5.41, 5.74) is 1.97. The maximum absolute atomic E-state index is 13.1. The Morgan fingerprint density at radius 1 is 1.28 bits per heavy atom. The first-order valence-corrected chi connectivity index (χ1v) is 11.9. The van der Waals surface area contributed by atoms with Crippen LogP contribution in [-0.2, 0) is 16.8 Å². The first-order chi connectivity index (χ1) is 14.7. The minimum absolute atomic E-state index is 0.0993. The van der Waals surface area contributed by atoms with E-state index in [2.05, 4.69) is 52.1 Å². The minimum Gasteiger partial charge on any atom is -0.481 e. The second-order valence-corrected chi connectivity index (χ2v) is 11.9. The monoisotopic (exact) mass is 460 g/mol. The molecule has 2 N–H and O–H groups in total. The van der Waals surface area contributed by atoms with Crippen molar-refractivity contribution in [2.75, 3.05) is 0 Å². The number of carbonyl (C=O) groups is 2. The lowest BCUT2D eigenvalue weighted by molar-refractivity contribution is -0.156. The maximum atomic E-state index is 13.1. The number of amides is 2. The van der Waals surface area contributed by atoms with Gasteiger partial charge in [-0.2, -0.15) is 0 Å². The van der Waals surface area contributed by atoms with Gasteiger partial charge in [-0.05, 0) is 73.6 Å². The number of urea groups is 1. The predicted molar refractivity (Wildman–Crippen MR) is 129 cm³/mol. The van der Waals surface area contributed by atoms with Crippen molar-refractivity contribution in [1.29, 1.82) is 0 Å². The quantitative estimate of drug-likeness (QED) is 0.519. The summed E-state index contributed by atoms with van der Waals surface area (Å²) in [7, 11) is 0. The summed E-state index contributed by atoms with van der Waals surface area (Å²) in [6.45, 7) is 14.7. The Morgan fingerprint density at radius 3 is 2.41 bits per heavy atom. The molecular weight excluding hydrogens is 424 g/mol. The third-order valence-electron chi connectivity index (χ3n) is 7.13. The molecule has 1 saturated carbocycles. The third kappa shape index (κ3) is 4.68. The number of aryl methyl sites for hydroxylation is 1. The second-order valence-electron chi connectivity index (χ2n) is 11.5. The number of hydrogen-bond acceptors (Lipinski definition) is 2. The Balaban J connectivity index is 1.89. The van der Waals surface area contributed by atoms with Gasteiger partial charge in [0.2, 0.25) is 0 Å². The van der Waals surface area contributed by atoms with Crippen molar-refractivity contribution < 1.29 is 14.7 Å². The second kappa shape index (κ2) is 8.40. The number of nitrogens with zero attached hydrogens (tertiary/aromatic N) is 1. The van der Waals surface area contributed by atoms with Crippen molar-refractivity contribution in [3.05, 3.63) is 46.1 Å². The van der Waals surface area contributed by atoms with E-state index in [1.165, 1.54) is 0 Å². The molecule has 176 valence electrons. The normalized spacial score (nSPS) is 28.3. The van der Waals surface area contributed by atoms with E-state index in [9.17, 15) is 14.7 Å². The van der Waals surface area contributed by atoms with E-state index in [1.807, 2.05) is 19.2 Å². The standard InChI is InChI=1S/C26H37ClN2O3/c1-16(2)20-15-29(19-13-25(6,14-19)22(30)31)23(32)28-26(20,7)18-9-8-17(21(27)12-18)10-11-24(3,4)5/h8-9,12,15-16,19H,10-11,13-14H2,1-7H3,(H,28,32)(H,30,31)/t19?,25?,26-/m0/s1. The van der Waals surface area contributed by atoms with Gasteiger partial charge in [0.15, 0.2) is 0 Å². The van der Waals surface area contributed by atoms with Gasteiger partial charge in [0, 0.05) is 17.3 Å². The first kappa shape index (κ1) is 24.6. The van der Waals surface area contributed by atoms with Crippen LogP contribution in [0.2, 0.25) is 5.02 Å². The highest BCUT2D eigenvalue weighted by Crippen LogP contribution is 2.46. The summed E-state index contributed by atoms with van der Waals surface area (Å²) in [6.07, 6.45) is 4.82. The molecular formula is C26H37ClN2O3. The van der Waals surface area contributed by atoms with E-state index in [4.69, 9.17) is 11.6 Å². The summed E-state index contributed by atoms with van der Waals surface area (Å²) < 4.78 is 0. The highest BCUT2D eigenvalue weighted by atomic mass is 35.5. The Hall–Kier alpha value is -2.01. The molecule has 2 aliphatic rings. The van der Waals surface area contributed by atoms with Gasteiger partial charge in [-0.25, -0.2) is 4.79 Å². The van der Waals surface area contributed by atoms with E-state index in [-0.39, 0.29) is 23.4 Å². The molecule has 1 aromatic carbocycles. The fourth-order valence-electron chi connectivity index (χ4n) is 4.85. The van der Waals surface area contributed by atoms with Crippen LogP contribution in [0.4, 0.5) is 4.79 Å². The van der Waals surface area contributed by atoms with E-state index in [0.717, 1.165) is 34.6 Å². The van der Waals surface area contributed by atoms with Crippen molar-refractivity contribution in [1.82, 2.24) is 10.2 Å². The molecule has 1 heterocycles. The number of benzene rings is 1. The Bertz CT molecular complexity index is 941. The van der Waals surface area contributed by atoms with Crippen LogP contribution in [0.25, 0.3) is 0 Å². The van der Waals surface area contributed by atoms with E-state index in [0.29, 0.717) is 12.8 Å². The molecule has 5 nitrogen and oxygen atoms in total. The van der Waals surface area contributed by atoms with Crippen molar-refractivity contribution >= 4 is 23.6 Å². The number of halogens is 1. The molecule has 0 aromatic heterocycles. The lowest BCUT2D eigenvalue weighted by atomic mass is 9.66. The van der Waals surface area contributed by atoms with Gasteiger partial charge in [0.25, 0.3) is 0 Å². The Labute approximate surface area is 197 Å². The van der Waals surface area contributed by atoms with Crippen LogP contribution in [0.3, 0.4) is 0 Å². The molecule has 1 aromatic rings. The number of nitrogens with one attached hydrogen (secondary N) is 1. The molecule has 0 unspecified atom stereocenters. The van der Waals surface area contributed by atoms with Crippen molar-refractivity contribution in [2.24, 2.45) is 16.7 Å². The number of carboxylic acid groups (broad SMARTS) is 1. The number of hydrogen-bond donors (Lipinski definition) is 2. The van der Waals surface area contributed by atoms with Gasteiger partial charge in [0.05, 0.1) is 11.0 Å². The van der Waals surface area contributed by atoms with Crippen LogP contribution in [0, 0.1) is 16.7 Å². The molecule has 1 aliphatic heterocycles. The average molecular weight is 461 g/mol. The molecule has 0 saturated heterocycles. The van der Waals surface area contributed by atoms with Gasteiger partial charge in [-0.15, -0.1) is 0 Å². The van der Waals surface area contributed by atoms with E-state index >= 15 is 0 Å². The zero-order chi connectivity index (χ0) is 24.1. The van der Waals surface area contributed by atoms with Crippen molar-refractivity contribution in [3.63, 3.8) is 0 Å². The highest BCUT2D eigenvalue weighted by Gasteiger charge is 2.51. The molecule has 0 bridgehead atoms. The number of rotatable bonds is 6. The zero-order valence-electron chi connectivity index (χ0n) is 20.4. The summed E-state index contributed by atoms with van der Waals surface area (Å²) >= 11 is 6.68. The van der Waals surface area contributed by atoms with Gasteiger partial charge in [-0.3, -0.25) is 9.69 Å². The number of aliphatic carboxylic acids is 1. The molecule has 0 spiro atoms. The highest BCUT2D eigenvalue weighted by molar-refractivity contribution is 6.31. The van der Waals surface area contributed by atoms with Crippen LogP contribution in [-0.4, -0.2) is 28.0 Å². The fraction of sp³-hybridized carbons (Fsp3) is 0.615. The average Bonchev–Trinajstić information content (AvgIpc) is 2.63. The topological polar surface area (TPSA) is 69.6 Å². The summed E-state index contributed by atoms with van der Waals surface area (Å²) in [6, 6.07) is 5.84. The van der Waals surface area contributed by atoms with Crippen molar-refractivity contribution in [3.8, 4) is 0 Å². The van der Waals surface area contributed by atoms with Crippen LogP contribution >= 0.6 is 11.6 Å². The molecule has 3 rings (SSSR count).